The van der Waals surface area contributed by atoms with Gasteiger partial charge in [0.25, 0.3) is 0 Å². The van der Waals surface area contributed by atoms with Gasteiger partial charge in [0, 0.05) is 11.1 Å². The first-order valence-corrected chi connectivity index (χ1v) is 6.09. The Kier molecular flexibility index (Phi) is 3.20. The van der Waals surface area contributed by atoms with E-state index < -0.39 is 0 Å². The summed E-state index contributed by atoms with van der Waals surface area (Å²) in [7, 11) is 1.75. The molecule has 2 heteroatoms. The average Bonchev–Trinajstić information content (AvgIpc) is 2.79. The second kappa shape index (κ2) is 4.46. The van der Waals surface area contributed by atoms with Crippen LogP contribution in [-0.2, 0) is 5.54 Å². The molecular weight excluding hydrogens is 198 g/mol. The Hall–Kier alpha value is -1.02. The lowest BCUT2D eigenvalue weighted by Gasteiger charge is -2.35. The van der Waals surface area contributed by atoms with Crippen LogP contribution in [0.15, 0.2) is 24.3 Å². The van der Waals surface area contributed by atoms with Gasteiger partial charge < -0.3 is 10.1 Å². The van der Waals surface area contributed by atoms with Crippen LogP contribution < -0.4 is 10.1 Å². The number of methoxy groups -OCH3 is 1. The molecule has 16 heavy (non-hydrogen) atoms. The van der Waals surface area contributed by atoms with Crippen molar-refractivity contribution in [1.82, 2.24) is 5.32 Å². The van der Waals surface area contributed by atoms with Crippen LogP contribution in [0.5, 0.6) is 5.75 Å². The van der Waals surface area contributed by atoms with Gasteiger partial charge in [-0.3, -0.25) is 0 Å². The van der Waals surface area contributed by atoms with Crippen molar-refractivity contribution in [1.29, 1.82) is 0 Å². The highest BCUT2D eigenvalue weighted by molar-refractivity contribution is 5.40. The van der Waals surface area contributed by atoms with Gasteiger partial charge in [0.05, 0.1) is 7.11 Å². The summed E-state index contributed by atoms with van der Waals surface area (Å²) in [6.07, 6.45) is 2.45. The van der Waals surface area contributed by atoms with Crippen molar-refractivity contribution in [3.63, 3.8) is 0 Å². The summed E-state index contributed by atoms with van der Waals surface area (Å²) >= 11 is 0. The lowest BCUT2D eigenvalue weighted by atomic mass is 9.78. The molecule has 1 aliphatic rings. The summed E-state index contributed by atoms with van der Waals surface area (Å²) < 4.78 is 5.49. The minimum absolute atomic E-state index is 0.104. The number of hydrogen-bond acceptors (Lipinski definition) is 2. The van der Waals surface area contributed by atoms with Crippen LogP contribution in [0.2, 0.25) is 0 Å². The number of ether oxygens (including phenoxy) is 1. The molecule has 2 rings (SSSR count). The topological polar surface area (TPSA) is 21.3 Å². The zero-order valence-corrected chi connectivity index (χ0v) is 10.4. The maximum Gasteiger partial charge on any atom is 0.123 e. The van der Waals surface area contributed by atoms with Crippen LogP contribution in [0, 0.1) is 5.92 Å². The maximum atomic E-state index is 5.49. The minimum Gasteiger partial charge on any atom is -0.496 e. The molecule has 0 aliphatic carbocycles. The van der Waals surface area contributed by atoms with Gasteiger partial charge in [0.1, 0.15) is 5.75 Å². The van der Waals surface area contributed by atoms with E-state index in [4.69, 9.17) is 4.74 Å². The summed E-state index contributed by atoms with van der Waals surface area (Å²) in [4.78, 5) is 0. The third kappa shape index (κ3) is 1.71. The van der Waals surface area contributed by atoms with Crippen molar-refractivity contribution < 1.29 is 4.74 Å². The van der Waals surface area contributed by atoms with Crippen molar-refractivity contribution in [3.05, 3.63) is 29.8 Å². The summed E-state index contributed by atoms with van der Waals surface area (Å²) in [6.45, 7) is 5.67. The van der Waals surface area contributed by atoms with Crippen LogP contribution in [0.1, 0.15) is 32.3 Å². The molecule has 1 fully saturated rings. The highest BCUT2D eigenvalue weighted by atomic mass is 16.5. The lowest BCUT2D eigenvalue weighted by Crippen LogP contribution is -2.42. The van der Waals surface area contributed by atoms with Gasteiger partial charge in [-0.2, -0.15) is 0 Å². The van der Waals surface area contributed by atoms with E-state index in [0.29, 0.717) is 5.92 Å². The van der Waals surface area contributed by atoms with Gasteiger partial charge in [-0.05, 0) is 31.4 Å². The first kappa shape index (κ1) is 11.5. The van der Waals surface area contributed by atoms with Crippen LogP contribution in [-0.4, -0.2) is 13.7 Å². The molecule has 1 aromatic rings. The standard InChI is InChI=1S/C14H21NO/c1-11(2)14(9-6-10-15-14)12-7-4-5-8-13(12)16-3/h4-5,7-8,11,15H,6,9-10H2,1-3H3. The summed E-state index contributed by atoms with van der Waals surface area (Å²) in [5.41, 5.74) is 1.41. The number of para-hydroxylation sites is 1. The van der Waals surface area contributed by atoms with Gasteiger partial charge in [-0.25, -0.2) is 0 Å². The van der Waals surface area contributed by atoms with Crippen LogP contribution in [0.4, 0.5) is 0 Å². The molecule has 0 aromatic heterocycles. The molecule has 1 saturated heterocycles. The van der Waals surface area contributed by atoms with E-state index in [-0.39, 0.29) is 5.54 Å². The Labute approximate surface area is 98.0 Å². The first-order chi connectivity index (χ1) is 7.70. The maximum absolute atomic E-state index is 5.49. The molecule has 1 unspecified atom stereocenters. The van der Waals surface area contributed by atoms with Crippen molar-refractivity contribution in [2.75, 3.05) is 13.7 Å². The van der Waals surface area contributed by atoms with Crippen molar-refractivity contribution in [3.8, 4) is 5.75 Å². The summed E-state index contributed by atoms with van der Waals surface area (Å²) in [5.74, 6) is 1.58. The van der Waals surface area contributed by atoms with Gasteiger partial charge in [0.15, 0.2) is 0 Å². The Morgan fingerprint density at radius 2 is 2.06 bits per heavy atom. The van der Waals surface area contributed by atoms with Crippen molar-refractivity contribution in [2.24, 2.45) is 5.92 Å². The molecule has 1 N–H and O–H groups in total. The van der Waals surface area contributed by atoms with Crippen molar-refractivity contribution in [2.45, 2.75) is 32.2 Å². The number of nitrogens with one attached hydrogen (secondary N) is 1. The van der Waals surface area contributed by atoms with E-state index in [9.17, 15) is 0 Å². The molecule has 1 aliphatic heterocycles. The second-order valence-corrected chi connectivity index (χ2v) is 4.86. The highest BCUT2D eigenvalue weighted by Gasteiger charge is 2.39. The molecule has 0 saturated carbocycles. The third-order valence-corrected chi connectivity index (χ3v) is 3.76. The molecule has 0 radical (unpaired) electrons. The van der Waals surface area contributed by atoms with E-state index >= 15 is 0 Å². The van der Waals surface area contributed by atoms with Crippen LogP contribution in [0.25, 0.3) is 0 Å². The van der Waals surface area contributed by atoms with E-state index in [2.05, 4.69) is 37.4 Å². The van der Waals surface area contributed by atoms with Gasteiger partial charge in [-0.15, -0.1) is 0 Å². The Morgan fingerprint density at radius 1 is 1.31 bits per heavy atom. The molecule has 1 aromatic carbocycles. The largest absolute Gasteiger partial charge is 0.496 e. The average molecular weight is 219 g/mol. The number of hydrogen-bond donors (Lipinski definition) is 1. The third-order valence-electron chi connectivity index (χ3n) is 3.76. The Balaban J connectivity index is 2.46. The van der Waals surface area contributed by atoms with Gasteiger partial charge in [-0.1, -0.05) is 32.0 Å². The van der Waals surface area contributed by atoms with Gasteiger partial charge in [0.2, 0.25) is 0 Å². The SMILES string of the molecule is COc1ccccc1C1(C(C)C)CCCN1. The zero-order valence-electron chi connectivity index (χ0n) is 10.4. The molecule has 88 valence electrons. The molecular formula is C14H21NO. The highest BCUT2D eigenvalue weighted by Crippen LogP contribution is 2.41. The molecule has 0 bridgehead atoms. The lowest BCUT2D eigenvalue weighted by molar-refractivity contribution is 0.265. The molecule has 0 spiro atoms. The van der Waals surface area contributed by atoms with Crippen LogP contribution in [0.3, 0.4) is 0 Å². The predicted molar refractivity (Wildman–Crippen MR) is 66.7 cm³/mol. The second-order valence-electron chi connectivity index (χ2n) is 4.86. The van der Waals surface area contributed by atoms with E-state index in [1.807, 2.05) is 6.07 Å². The first-order valence-electron chi connectivity index (χ1n) is 6.09. The molecule has 2 nitrogen and oxygen atoms in total. The summed E-state index contributed by atoms with van der Waals surface area (Å²) in [6, 6.07) is 8.38. The fraction of sp³-hybridized carbons (Fsp3) is 0.571. The molecule has 1 atom stereocenters. The smallest absolute Gasteiger partial charge is 0.123 e. The fourth-order valence-electron chi connectivity index (χ4n) is 2.81. The normalized spacial score (nSPS) is 25.0. The fourth-order valence-corrected chi connectivity index (χ4v) is 2.81. The van der Waals surface area contributed by atoms with E-state index in [1.54, 1.807) is 7.11 Å². The monoisotopic (exact) mass is 219 g/mol. The van der Waals surface area contributed by atoms with Crippen molar-refractivity contribution >= 4 is 0 Å². The zero-order chi connectivity index (χ0) is 11.6. The van der Waals surface area contributed by atoms with E-state index in [1.165, 1.54) is 18.4 Å². The number of benzene rings is 1. The quantitative estimate of drug-likeness (QED) is 0.844. The summed E-state index contributed by atoms with van der Waals surface area (Å²) in [5, 5.41) is 3.68. The van der Waals surface area contributed by atoms with Crippen LogP contribution >= 0.6 is 0 Å². The minimum atomic E-state index is 0.104. The predicted octanol–water partition coefficient (Wildman–Crippen LogP) is 2.93. The van der Waals surface area contributed by atoms with E-state index in [0.717, 1.165) is 12.3 Å². The molecule has 1 heterocycles. The molecule has 0 amide bonds. The van der Waals surface area contributed by atoms with Gasteiger partial charge >= 0.3 is 0 Å². The Bertz CT molecular complexity index is 354. The number of rotatable bonds is 3. The Morgan fingerprint density at radius 3 is 2.62 bits per heavy atom.